The summed E-state index contributed by atoms with van der Waals surface area (Å²) in [5.41, 5.74) is 7.11. The third-order valence-electron chi connectivity index (χ3n) is 6.85. The van der Waals surface area contributed by atoms with E-state index >= 15 is 4.39 Å². The van der Waals surface area contributed by atoms with Gasteiger partial charge in [0, 0.05) is 54.9 Å². The monoisotopic (exact) mass is 652 g/mol. The van der Waals surface area contributed by atoms with Gasteiger partial charge >= 0.3 is 0 Å². The van der Waals surface area contributed by atoms with E-state index in [0.717, 1.165) is 29.4 Å². The van der Waals surface area contributed by atoms with Crippen LogP contribution in [0.15, 0.2) is 69.0 Å². The van der Waals surface area contributed by atoms with E-state index in [1.54, 1.807) is 19.2 Å². The predicted molar refractivity (Wildman–Crippen MR) is 198 cm³/mol. The zero-order valence-corrected chi connectivity index (χ0v) is 28.8. The highest BCUT2D eigenvalue weighted by Gasteiger charge is 2.18. The molecule has 0 amide bonds. The first-order valence-corrected chi connectivity index (χ1v) is 15.9. The van der Waals surface area contributed by atoms with E-state index in [4.69, 9.17) is 14.3 Å². The molecule has 2 atom stereocenters. The molecule has 1 heterocycles. The van der Waals surface area contributed by atoms with Crippen molar-refractivity contribution in [1.82, 2.24) is 5.32 Å². The number of nitrogens with two attached hydrogens (primary N) is 1. The summed E-state index contributed by atoms with van der Waals surface area (Å²) in [7, 11) is 1.65. The molecule has 0 radical (unpaired) electrons. The van der Waals surface area contributed by atoms with Gasteiger partial charge in [-0.05, 0) is 55.5 Å². The lowest BCUT2D eigenvalue weighted by Crippen LogP contribution is -2.36. The Bertz CT molecular complexity index is 1340. The van der Waals surface area contributed by atoms with Gasteiger partial charge < -0.3 is 25.3 Å². The average molecular weight is 653 g/mol. The molecule has 3 rings (SSSR count). The highest BCUT2D eigenvalue weighted by atomic mass is 19.1. The summed E-state index contributed by atoms with van der Waals surface area (Å²) in [5, 5.41) is 3.28. The number of halogens is 1. The van der Waals surface area contributed by atoms with Crippen molar-refractivity contribution in [2.24, 2.45) is 37.5 Å². The zero-order valence-electron chi connectivity index (χ0n) is 28.8. The van der Waals surface area contributed by atoms with Crippen molar-refractivity contribution in [3.8, 4) is 5.75 Å². The van der Waals surface area contributed by atoms with E-state index < -0.39 is 5.82 Å². The summed E-state index contributed by atoms with van der Waals surface area (Å²) in [5.74, 6) is 3.06. The smallest absolute Gasteiger partial charge is 0.163 e. The van der Waals surface area contributed by atoms with E-state index in [0.29, 0.717) is 60.4 Å². The minimum absolute atomic E-state index is 0. The van der Waals surface area contributed by atoms with Crippen LogP contribution in [-0.2, 0) is 9.53 Å². The summed E-state index contributed by atoms with van der Waals surface area (Å²) in [4.78, 5) is 26.7. The van der Waals surface area contributed by atoms with Gasteiger partial charge in [-0.3, -0.25) is 4.99 Å². The Morgan fingerprint density at radius 2 is 1.72 bits per heavy atom. The fourth-order valence-corrected chi connectivity index (χ4v) is 4.16. The van der Waals surface area contributed by atoms with Crippen LogP contribution in [0, 0.1) is 17.7 Å². The van der Waals surface area contributed by atoms with Gasteiger partial charge in [-0.15, -0.1) is 0 Å². The van der Waals surface area contributed by atoms with Crippen molar-refractivity contribution in [1.29, 1.82) is 0 Å². The molecule has 1 aliphatic rings. The number of amidine groups is 3. The lowest BCUT2D eigenvalue weighted by atomic mass is 10.0. The molecule has 0 aliphatic carbocycles. The van der Waals surface area contributed by atoms with Gasteiger partial charge in [0.1, 0.15) is 29.8 Å². The normalized spacial score (nSPS) is 13.2. The van der Waals surface area contributed by atoms with Crippen molar-refractivity contribution in [3.63, 3.8) is 0 Å². The lowest BCUT2D eigenvalue weighted by Gasteiger charge is -2.24. The van der Waals surface area contributed by atoms with Crippen molar-refractivity contribution >= 4 is 36.2 Å². The van der Waals surface area contributed by atoms with Gasteiger partial charge in [-0.25, -0.2) is 19.4 Å². The summed E-state index contributed by atoms with van der Waals surface area (Å²) >= 11 is 0. The highest BCUT2D eigenvalue weighted by molar-refractivity contribution is 6.18. The fraction of sp³-hybridized carbons (Fsp3) is 0.486. The number of nitrogens with one attached hydrogen (secondary N) is 1. The van der Waals surface area contributed by atoms with E-state index in [1.807, 2.05) is 38.1 Å². The Labute approximate surface area is 282 Å². The number of rotatable bonds is 16. The number of carbonyl (C=O) groups is 1. The third-order valence-corrected chi connectivity index (χ3v) is 6.85. The number of nitrogens with zero attached hydrogens (tertiary/aromatic N) is 4. The number of hydrogen-bond donors (Lipinski definition) is 2. The maximum atomic E-state index is 15.1. The van der Waals surface area contributed by atoms with Crippen molar-refractivity contribution in [2.45, 2.75) is 80.9 Å². The number of aliphatic imine (C=N–C) groups is 4. The zero-order chi connectivity index (χ0) is 34.6. The Kier molecular flexibility index (Phi) is 21.3. The first-order chi connectivity index (χ1) is 22.1. The van der Waals surface area contributed by atoms with Crippen LogP contribution in [0.4, 0.5) is 4.39 Å². The Morgan fingerprint density at radius 1 is 1.11 bits per heavy atom. The molecule has 0 saturated carbocycles. The molecule has 0 bridgehead atoms. The number of hydrogen-bond acceptors (Lipinski definition) is 8. The molecule has 2 aromatic rings. The van der Waals surface area contributed by atoms with Crippen LogP contribution in [-0.4, -0.2) is 69.5 Å². The molecular formula is C37H57FN6O3. The second-order valence-electron chi connectivity index (χ2n) is 10.9. The number of aldehydes is 1. The lowest BCUT2D eigenvalue weighted by molar-refractivity contribution is -0.106. The fourth-order valence-electron chi connectivity index (χ4n) is 4.16. The van der Waals surface area contributed by atoms with Crippen LogP contribution in [0.2, 0.25) is 0 Å². The molecule has 260 valence electrons. The molecule has 0 spiro atoms. The maximum absolute atomic E-state index is 15.1. The predicted octanol–water partition coefficient (Wildman–Crippen LogP) is 7.37. The topological polar surface area (TPSA) is 123 Å². The standard InChI is InChI=1S/C32H42FN5O2.C2H5NO.C2H6.CH4/c1-9-25(40-26-13-10-23(11-14-26)32-37-30(38-32)21(4)5)16-17-35-31(34-7)24-12-15-27(28(33)18-24)22(6)36-29(19-39-8)20(2)3;3-1-2-4;1-2;/h10-15,18,20-21,25,29,36H,6-7,9,16-17,19H2,1-5,8H3;2H,1,3H2;1-2H3;1H4. The molecule has 2 aromatic carbocycles. The quantitative estimate of drug-likeness (QED) is 0.111. The Balaban J connectivity index is 0.00000280. The summed E-state index contributed by atoms with van der Waals surface area (Å²) in [6, 6.07) is 12.8. The van der Waals surface area contributed by atoms with E-state index in [2.05, 4.69) is 78.9 Å². The molecule has 0 saturated heterocycles. The van der Waals surface area contributed by atoms with E-state index in [-0.39, 0.29) is 26.1 Å². The molecule has 0 fully saturated rings. The van der Waals surface area contributed by atoms with Crippen LogP contribution >= 0.6 is 0 Å². The van der Waals surface area contributed by atoms with Crippen molar-refractivity contribution in [3.05, 3.63) is 71.6 Å². The van der Waals surface area contributed by atoms with E-state index in [1.165, 1.54) is 6.07 Å². The molecule has 47 heavy (non-hydrogen) atoms. The van der Waals surface area contributed by atoms with Crippen LogP contribution < -0.4 is 15.8 Å². The second-order valence-corrected chi connectivity index (χ2v) is 10.9. The third kappa shape index (κ3) is 14.1. The minimum Gasteiger partial charge on any atom is -0.490 e. The van der Waals surface area contributed by atoms with Crippen molar-refractivity contribution < 1.29 is 18.7 Å². The maximum Gasteiger partial charge on any atom is 0.163 e. The van der Waals surface area contributed by atoms with Crippen LogP contribution in [0.5, 0.6) is 5.75 Å². The largest absolute Gasteiger partial charge is 0.490 e. The summed E-state index contributed by atoms with van der Waals surface area (Å²) in [6.07, 6.45) is 2.13. The SMILES string of the molecule is C.C=NC(=NCCC(CC)Oc1ccc(C2=NC(C(C)C)=N2)cc1)c1ccc(C(=C)NC(COC)C(C)C)c(F)c1.CC.NCC=O. The van der Waals surface area contributed by atoms with Crippen molar-refractivity contribution in [2.75, 3.05) is 26.8 Å². The van der Waals surface area contributed by atoms with Gasteiger partial charge in [-0.1, -0.05) is 68.5 Å². The summed E-state index contributed by atoms with van der Waals surface area (Å²) < 4.78 is 26.5. The number of carbonyl (C=O) groups excluding carboxylic acids is 1. The molecule has 3 N–H and O–H groups in total. The number of methoxy groups -OCH3 is 1. The molecule has 2 unspecified atom stereocenters. The van der Waals surface area contributed by atoms with Gasteiger partial charge in [0.25, 0.3) is 0 Å². The first kappa shape index (κ1) is 43.0. The van der Waals surface area contributed by atoms with E-state index in [9.17, 15) is 0 Å². The second kappa shape index (κ2) is 23.3. The average Bonchev–Trinajstić information content (AvgIpc) is 3.03. The van der Waals surface area contributed by atoms with Crippen LogP contribution in [0.1, 0.15) is 85.4 Å². The number of ether oxygens (including phenoxy) is 2. The molecule has 10 heteroatoms. The number of benzene rings is 2. The molecule has 9 nitrogen and oxygen atoms in total. The van der Waals surface area contributed by atoms with Crippen LogP contribution in [0.25, 0.3) is 5.70 Å². The highest BCUT2D eigenvalue weighted by Crippen LogP contribution is 2.22. The van der Waals surface area contributed by atoms with Crippen LogP contribution in [0.3, 0.4) is 0 Å². The molecule has 1 aliphatic heterocycles. The van der Waals surface area contributed by atoms with Gasteiger partial charge in [0.15, 0.2) is 11.7 Å². The first-order valence-electron chi connectivity index (χ1n) is 15.9. The van der Waals surface area contributed by atoms with Gasteiger partial charge in [0.05, 0.1) is 12.6 Å². The Hall–Kier alpha value is -4.02. The Morgan fingerprint density at radius 3 is 2.19 bits per heavy atom. The van der Waals surface area contributed by atoms with Gasteiger partial charge in [-0.2, -0.15) is 0 Å². The summed E-state index contributed by atoms with van der Waals surface area (Å²) in [6.45, 7) is 23.2. The minimum atomic E-state index is -0.400. The van der Waals surface area contributed by atoms with Gasteiger partial charge in [0.2, 0.25) is 0 Å². The molecule has 0 aromatic heterocycles. The molecular weight excluding hydrogens is 595 g/mol.